The van der Waals surface area contributed by atoms with Crippen LogP contribution in [-0.4, -0.2) is 19.1 Å². The summed E-state index contributed by atoms with van der Waals surface area (Å²) < 4.78 is 10.5. The number of methoxy groups -OCH3 is 2. The summed E-state index contributed by atoms with van der Waals surface area (Å²) >= 11 is 0. The first kappa shape index (κ1) is 13.8. The van der Waals surface area contributed by atoms with Crippen LogP contribution < -0.4 is 9.47 Å². The van der Waals surface area contributed by atoms with E-state index in [1.165, 1.54) is 13.2 Å². The third-order valence-electron chi connectivity index (χ3n) is 2.41. The van der Waals surface area contributed by atoms with Gasteiger partial charge in [0.2, 0.25) is 6.20 Å². The van der Waals surface area contributed by atoms with Gasteiger partial charge in [-0.2, -0.15) is 0 Å². The zero-order chi connectivity index (χ0) is 13.5. The van der Waals surface area contributed by atoms with Gasteiger partial charge in [-0.3, -0.25) is 10.1 Å². The average molecular weight is 249 g/mol. The molecule has 0 aliphatic heterocycles. The van der Waals surface area contributed by atoms with Gasteiger partial charge < -0.3 is 9.47 Å². The second-order valence-corrected chi connectivity index (χ2v) is 3.46. The van der Waals surface area contributed by atoms with E-state index >= 15 is 0 Å². The van der Waals surface area contributed by atoms with Crippen LogP contribution in [0.4, 0.5) is 0 Å². The highest BCUT2D eigenvalue weighted by Gasteiger charge is 2.12. The van der Waals surface area contributed by atoms with Crippen molar-refractivity contribution < 1.29 is 14.4 Å². The Bertz CT molecular complexity index is 480. The number of ether oxygens (including phenoxy) is 2. The Morgan fingerprint density at radius 3 is 2.61 bits per heavy atom. The van der Waals surface area contributed by atoms with Crippen molar-refractivity contribution in [3.63, 3.8) is 0 Å². The lowest BCUT2D eigenvalue weighted by molar-refractivity contribution is -0.400. The second kappa shape index (κ2) is 6.44. The van der Waals surface area contributed by atoms with E-state index in [1.54, 1.807) is 25.3 Å². The van der Waals surface area contributed by atoms with Crippen LogP contribution in [0, 0.1) is 10.1 Å². The molecule has 0 saturated heterocycles. The fourth-order valence-corrected chi connectivity index (χ4v) is 1.66. The smallest absolute Gasteiger partial charge is 0.235 e. The molecular formula is C13H15NO4. The Morgan fingerprint density at radius 2 is 2.11 bits per heavy atom. The van der Waals surface area contributed by atoms with Crippen LogP contribution in [0.15, 0.2) is 31.0 Å². The molecule has 0 aromatic heterocycles. The number of allylic oxidation sites excluding steroid dienone is 1. The summed E-state index contributed by atoms with van der Waals surface area (Å²) in [6, 6.07) is 3.46. The molecule has 0 heterocycles. The van der Waals surface area contributed by atoms with Gasteiger partial charge in [0.15, 0.2) is 11.5 Å². The first-order chi connectivity index (χ1) is 8.63. The molecule has 1 rings (SSSR count). The molecule has 0 aliphatic carbocycles. The largest absolute Gasteiger partial charge is 0.493 e. The predicted molar refractivity (Wildman–Crippen MR) is 69.5 cm³/mol. The molecule has 0 amide bonds. The molecular weight excluding hydrogens is 234 g/mol. The van der Waals surface area contributed by atoms with Crippen molar-refractivity contribution >= 4 is 6.08 Å². The first-order valence-electron chi connectivity index (χ1n) is 5.30. The van der Waals surface area contributed by atoms with Crippen LogP contribution >= 0.6 is 0 Å². The molecule has 0 fully saturated rings. The van der Waals surface area contributed by atoms with E-state index in [4.69, 9.17) is 9.47 Å². The van der Waals surface area contributed by atoms with Crippen molar-refractivity contribution in [3.05, 3.63) is 52.2 Å². The molecule has 0 unspecified atom stereocenters. The zero-order valence-electron chi connectivity index (χ0n) is 10.4. The fraction of sp³-hybridized carbons (Fsp3) is 0.231. The van der Waals surface area contributed by atoms with Crippen molar-refractivity contribution in [3.8, 4) is 11.5 Å². The van der Waals surface area contributed by atoms with E-state index in [2.05, 4.69) is 6.58 Å². The van der Waals surface area contributed by atoms with Gasteiger partial charge in [-0.05, 0) is 18.1 Å². The molecule has 0 aliphatic rings. The Kier molecular flexibility index (Phi) is 4.92. The zero-order valence-corrected chi connectivity index (χ0v) is 10.4. The normalized spacial score (nSPS) is 10.3. The third-order valence-corrected chi connectivity index (χ3v) is 2.41. The molecule has 0 atom stereocenters. The SMILES string of the molecule is C=CCc1c(/C=C/[N+](=O)[O-])ccc(OC)c1OC. The van der Waals surface area contributed by atoms with Crippen LogP contribution in [0.25, 0.3) is 6.08 Å². The Hall–Kier alpha value is -2.30. The lowest BCUT2D eigenvalue weighted by Gasteiger charge is -2.13. The van der Waals surface area contributed by atoms with E-state index in [-0.39, 0.29) is 0 Å². The minimum atomic E-state index is -0.506. The molecule has 5 heteroatoms. The maximum Gasteiger partial charge on any atom is 0.235 e. The van der Waals surface area contributed by atoms with E-state index < -0.39 is 4.92 Å². The summed E-state index contributed by atoms with van der Waals surface area (Å²) in [4.78, 5) is 9.86. The Morgan fingerprint density at radius 1 is 1.39 bits per heavy atom. The monoisotopic (exact) mass is 249 g/mol. The number of hydrogen-bond donors (Lipinski definition) is 0. The van der Waals surface area contributed by atoms with Crippen LogP contribution in [0.1, 0.15) is 11.1 Å². The summed E-state index contributed by atoms with van der Waals surface area (Å²) in [5.41, 5.74) is 1.52. The molecule has 5 nitrogen and oxygen atoms in total. The highest BCUT2D eigenvalue weighted by atomic mass is 16.6. The van der Waals surface area contributed by atoms with Gasteiger partial charge in [0.1, 0.15) is 0 Å². The number of nitrogens with zero attached hydrogens (tertiary/aromatic N) is 1. The van der Waals surface area contributed by atoms with E-state index in [0.29, 0.717) is 23.5 Å². The molecule has 0 N–H and O–H groups in total. The molecule has 0 spiro atoms. The summed E-state index contributed by atoms with van der Waals surface area (Å²) in [5, 5.41) is 10.4. The van der Waals surface area contributed by atoms with Crippen molar-refractivity contribution in [2.45, 2.75) is 6.42 Å². The quantitative estimate of drug-likeness (QED) is 0.442. The molecule has 0 radical (unpaired) electrons. The van der Waals surface area contributed by atoms with Crippen molar-refractivity contribution in [2.75, 3.05) is 14.2 Å². The van der Waals surface area contributed by atoms with Gasteiger partial charge in [-0.15, -0.1) is 6.58 Å². The highest BCUT2D eigenvalue weighted by Crippen LogP contribution is 2.34. The average Bonchev–Trinajstić information content (AvgIpc) is 2.36. The van der Waals surface area contributed by atoms with E-state index in [9.17, 15) is 10.1 Å². The number of benzene rings is 1. The Balaban J connectivity index is 3.33. The van der Waals surface area contributed by atoms with Crippen LogP contribution in [0.2, 0.25) is 0 Å². The molecule has 18 heavy (non-hydrogen) atoms. The Labute approximate surface area is 105 Å². The van der Waals surface area contributed by atoms with Gasteiger partial charge in [0, 0.05) is 11.6 Å². The summed E-state index contributed by atoms with van der Waals surface area (Å²) in [7, 11) is 3.08. The summed E-state index contributed by atoms with van der Waals surface area (Å²) in [6.07, 6.45) is 4.58. The van der Waals surface area contributed by atoms with Crippen molar-refractivity contribution in [1.82, 2.24) is 0 Å². The van der Waals surface area contributed by atoms with Gasteiger partial charge in [-0.25, -0.2) is 0 Å². The van der Waals surface area contributed by atoms with Crippen LogP contribution in [0.3, 0.4) is 0 Å². The minimum Gasteiger partial charge on any atom is -0.493 e. The maximum absolute atomic E-state index is 10.4. The highest BCUT2D eigenvalue weighted by molar-refractivity contribution is 5.62. The van der Waals surface area contributed by atoms with Gasteiger partial charge in [0.05, 0.1) is 19.1 Å². The molecule has 1 aromatic carbocycles. The standard InChI is InChI=1S/C13H15NO4/c1-4-5-11-10(8-9-14(15)16)6-7-12(17-2)13(11)18-3/h4,6-9H,1,5H2,2-3H3/b9-8+. The van der Waals surface area contributed by atoms with Crippen LogP contribution in [-0.2, 0) is 6.42 Å². The van der Waals surface area contributed by atoms with Gasteiger partial charge >= 0.3 is 0 Å². The molecule has 96 valence electrons. The lowest BCUT2D eigenvalue weighted by Crippen LogP contribution is -1.98. The first-order valence-corrected chi connectivity index (χ1v) is 5.30. The number of hydrogen-bond acceptors (Lipinski definition) is 4. The minimum absolute atomic E-state index is 0.506. The van der Waals surface area contributed by atoms with Gasteiger partial charge in [0.25, 0.3) is 0 Å². The topological polar surface area (TPSA) is 61.6 Å². The maximum atomic E-state index is 10.4. The van der Waals surface area contributed by atoms with Crippen molar-refractivity contribution in [2.24, 2.45) is 0 Å². The molecule has 0 saturated carbocycles. The van der Waals surface area contributed by atoms with E-state index in [0.717, 1.165) is 11.8 Å². The van der Waals surface area contributed by atoms with Crippen LogP contribution in [0.5, 0.6) is 11.5 Å². The fourth-order valence-electron chi connectivity index (χ4n) is 1.66. The second-order valence-electron chi connectivity index (χ2n) is 3.46. The summed E-state index contributed by atoms with van der Waals surface area (Å²) in [6.45, 7) is 3.67. The third kappa shape index (κ3) is 3.10. The molecule has 0 bridgehead atoms. The summed E-state index contributed by atoms with van der Waals surface area (Å²) in [5.74, 6) is 1.16. The number of nitro groups is 1. The molecule has 1 aromatic rings. The van der Waals surface area contributed by atoms with E-state index in [1.807, 2.05) is 0 Å². The number of rotatable bonds is 6. The van der Waals surface area contributed by atoms with Gasteiger partial charge in [-0.1, -0.05) is 12.1 Å². The predicted octanol–water partition coefficient (Wildman–Crippen LogP) is 2.68. The van der Waals surface area contributed by atoms with Crippen molar-refractivity contribution in [1.29, 1.82) is 0 Å². The lowest BCUT2D eigenvalue weighted by atomic mass is 10.0.